The Morgan fingerprint density at radius 1 is 1.34 bits per heavy atom. The first-order valence-corrected chi connectivity index (χ1v) is 11.3. The number of halogens is 2. The molecule has 2 amide bonds. The molecule has 0 aliphatic carbocycles. The molecule has 2 aliphatic rings. The summed E-state index contributed by atoms with van der Waals surface area (Å²) >= 11 is 0. The second-order valence-corrected chi connectivity index (χ2v) is 8.52. The van der Waals surface area contributed by atoms with Crippen molar-refractivity contribution in [2.24, 2.45) is 0 Å². The minimum absolute atomic E-state index is 0.00650. The summed E-state index contributed by atoms with van der Waals surface area (Å²) < 4.78 is 56.5. The normalized spacial score (nSPS) is 21.4. The van der Waals surface area contributed by atoms with E-state index in [0.29, 0.717) is 0 Å². The fourth-order valence-corrected chi connectivity index (χ4v) is 4.60. The summed E-state index contributed by atoms with van der Waals surface area (Å²) in [6.07, 6.45) is -0.915. The second-order valence-electron chi connectivity index (χ2n) is 7.78. The number of anilines is 2. The van der Waals surface area contributed by atoms with Gasteiger partial charge in [-0.3, -0.25) is 14.3 Å². The number of hydrogen-bond acceptors (Lipinski definition) is 7. The van der Waals surface area contributed by atoms with Crippen LogP contribution in [0.2, 0.25) is 0 Å². The molecule has 0 radical (unpaired) electrons. The molecule has 1 aromatic carbocycles. The van der Waals surface area contributed by atoms with Gasteiger partial charge in [-0.2, -0.15) is 0 Å². The lowest BCUT2D eigenvalue weighted by Gasteiger charge is -2.41. The first-order chi connectivity index (χ1) is 15.1. The summed E-state index contributed by atoms with van der Waals surface area (Å²) in [7, 11) is -1.77. The molecule has 0 bridgehead atoms. The van der Waals surface area contributed by atoms with Crippen LogP contribution < -0.4 is 15.1 Å². The third-order valence-corrected chi connectivity index (χ3v) is 6.08. The number of hydrogen-bond donors (Lipinski definition) is 2. The predicted octanol–water partition coefficient (Wildman–Crippen LogP) is 1.81. The van der Waals surface area contributed by atoms with Gasteiger partial charge in [-0.15, -0.1) is 0 Å². The van der Waals surface area contributed by atoms with Crippen LogP contribution >= 0.6 is 8.25 Å². The van der Waals surface area contributed by atoms with Crippen molar-refractivity contribution in [3.63, 3.8) is 0 Å². The summed E-state index contributed by atoms with van der Waals surface area (Å²) in [4.78, 5) is 34.9. The van der Waals surface area contributed by atoms with Gasteiger partial charge in [0, 0.05) is 39.3 Å². The maximum absolute atomic E-state index is 14.9. The van der Waals surface area contributed by atoms with Crippen LogP contribution in [-0.4, -0.2) is 68.5 Å². The van der Waals surface area contributed by atoms with Crippen molar-refractivity contribution in [2.45, 2.75) is 31.5 Å². The van der Waals surface area contributed by atoms with Crippen LogP contribution in [0, 0.1) is 11.6 Å². The largest absolute Gasteiger partial charge is 0.442 e. The fourth-order valence-electron chi connectivity index (χ4n) is 3.97. The second kappa shape index (κ2) is 10.1. The Morgan fingerprint density at radius 3 is 2.50 bits per heavy atom. The Bertz CT molecular complexity index is 873. The molecule has 2 N–H and O–H groups in total. The van der Waals surface area contributed by atoms with Crippen LogP contribution in [0.1, 0.15) is 19.8 Å². The van der Waals surface area contributed by atoms with Crippen molar-refractivity contribution < 1.29 is 41.8 Å². The number of cyclic esters (lactones) is 1. The van der Waals surface area contributed by atoms with Gasteiger partial charge in [0.25, 0.3) is 0 Å². The van der Waals surface area contributed by atoms with Gasteiger partial charge in [0.15, 0.2) is 11.6 Å². The minimum atomic E-state index is -3.21. The third-order valence-electron chi connectivity index (χ3n) is 5.47. The van der Waals surface area contributed by atoms with Crippen molar-refractivity contribution in [3.8, 4) is 0 Å². The molecule has 1 unspecified atom stereocenters. The van der Waals surface area contributed by atoms with Crippen molar-refractivity contribution >= 4 is 31.6 Å². The number of methoxy groups -OCH3 is 1. The van der Waals surface area contributed by atoms with E-state index in [4.69, 9.17) is 14.0 Å². The maximum Gasteiger partial charge on any atom is 0.414 e. The van der Waals surface area contributed by atoms with Gasteiger partial charge in [-0.1, -0.05) is 0 Å². The van der Waals surface area contributed by atoms with E-state index < -0.39 is 37.7 Å². The zero-order valence-electron chi connectivity index (χ0n) is 17.7. The molecule has 2 aliphatic heterocycles. The summed E-state index contributed by atoms with van der Waals surface area (Å²) in [5.41, 5.74) is -1.24. The lowest BCUT2D eigenvalue weighted by molar-refractivity contribution is -0.119. The topological polar surface area (TPSA) is 118 Å². The van der Waals surface area contributed by atoms with Gasteiger partial charge in [-0.25, -0.2) is 13.6 Å². The van der Waals surface area contributed by atoms with Crippen LogP contribution in [-0.2, 0) is 23.4 Å². The van der Waals surface area contributed by atoms with Gasteiger partial charge >= 0.3 is 14.3 Å². The van der Waals surface area contributed by atoms with E-state index in [9.17, 15) is 27.8 Å². The quantitative estimate of drug-likeness (QED) is 0.545. The molecule has 0 spiro atoms. The van der Waals surface area contributed by atoms with Gasteiger partial charge in [0.05, 0.1) is 25.4 Å². The van der Waals surface area contributed by atoms with Crippen LogP contribution in [0.5, 0.6) is 0 Å². The molecule has 32 heavy (non-hydrogen) atoms. The van der Waals surface area contributed by atoms with Crippen molar-refractivity contribution in [2.75, 3.05) is 49.7 Å². The van der Waals surface area contributed by atoms with E-state index in [0.717, 1.165) is 17.0 Å². The lowest BCUT2D eigenvalue weighted by atomic mass is 9.92. The molecule has 1 aromatic rings. The molecule has 2 fully saturated rings. The van der Waals surface area contributed by atoms with E-state index in [1.54, 1.807) is 0 Å². The van der Waals surface area contributed by atoms with Gasteiger partial charge < -0.3 is 29.1 Å². The SMILES string of the molecule is COCC1(O[PH](=O)O)CCN(c2c(F)cc(N3C[C@H](CNC(C)=O)OC3=O)cc2F)CC1. The Kier molecular flexibility index (Phi) is 7.71. The minimum Gasteiger partial charge on any atom is -0.442 e. The molecular formula is C19H26F2N3O7P. The van der Waals surface area contributed by atoms with Crippen molar-refractivity contribution in [1.82, 2.24) is 5.32 Å². The third kappa shape index (κ3) is 5.55. The maximum atomic E-state index is 14.9. The Balaban J connectivity index is 1.72. The fraction of sp³-hybridized carbons (Fsp3) is 0.579. The van der Waals surface area contributed by atoms with Crippen LogP contribution in [0.4, 0.5) is 25.0 Å². The summed E-state index contributed by atoms with van der Waals surface area (Å²) in [6.45, 7) is 1.90. The molecule has 2 saturated heterocycles. The highest BCUT2D eigenvalue weighted by atomic mass is 31.1. The monoisotopic (exact) mass is 477 g/mol. The first-order valence-electron chi connectivity index (χ1n) is 10.0. The number of ether oxygens (including phenoxy) is 2. The van der Waals surface area contributed by atoms with Crippen LogP contribution in [0.15, 0.2) is 12.1 Å². The first kappa shape index (κ1) is 24.4. The molecule has 3 rings (SSSR count). The van der Waals surface area contributed by atoms with Gasteiger partial charge in [0.2, 0.25) is 5.91 Å². The molecule has 178 valence electrons. The molecule has 10 nitrogen and oxygen atoms in total. The highest BCUT2D eigenvalue weighted by molar-refractivity contribution is 7.32. The average Bonchev–Trinajstić information content (AvgIpc) is 3.08. The number of amides is 2. The van der Waals surface area contributed by atoms with E-state index in [-0.39, 0.29) is 62.9 Å². The number of nitrogens with one attached hydrogen (secondary N) is 1. The number of nitrogens with zero attached hydrogens (tertiary/aromatic N) is 2. The van der Waals surface area contributed by atoms with Crippen LogP contribution in [0.3, 0.4) is 0 Å². The zero-order chi connectivity index (χ0) is 23.5. The van der Waals surface area contributed by atoms with Gasteiger partial charge in [0.1, 0.15) is 17.4 Å². The Labute approximate surface area is 184 Å². The van der Waals surface area contributed by atoms with Crippen molar-refractivity contribution in [1.29, 1.82) is 0 Å². The molecule has 2 atom stereocenters. The number of benzene rings is 1. The average molecular weight is 477 g/mol. The summed E-state index contributed by atoms with van der Waals surface area (Å²) in [5.74, 6) is -1.99. The van der Waals surface area contributed by atoms with E-state index >= 15 is 0 Å². The number of carbonyl (C=O) groups excluding carboxylic acids is 2. The molecule has 0 aromatic heterocycles. The smallest absolute Gasteiger partial charge is 0.414 e. The number of piperidine rings is 1. The Hall–Kier alpha value is -2.27. The molecule has 13 heteroatoms. The van der Waals surface area contributed by atoms with E-state index in [1.807, 2.05) is 0 Å². The van der Waals surface area contributed by atoms with Gasteiger partial charge in [-0.05, 0) is 12.8 Å². The Morgan fingerprint density at radius 2 is 1.97 bits per heavy atom. The standard InChI is InChI=1S/C19H26F2N3O7P/c1-12(25)22-9-14-10-24(18(26)30-14)13-7-15(20)17(16(21)8-13)23-5-3-19(4-6-23,11-29-2)31-32(27)28/h7-8,14,32H,3-6,9-11H2,1-2H3,(H,22,25)(H,27,28)/t14-/m0/s1. The molecule has 2 heterocycles. The predicted molar refractivity (Wildman–Crippen MR) is 111 cm³/mol. The van der Waals surface area contributed by atoms with Crippen LogP contribution in [0.25, 0.3) is 0 Å². The molecular weight excluding hydrogens is 451 g/mol. The highest BCUT2D eigenvalue weighted by Crippen LogP contribution is 2.38. The summed E-state index contributed by atoms with van der Waals surface area (Å²) in [5, 5.41) is 2.53. The zero-order valence-corrected chi connectivity index (χ0v) is 18.7. The lowest BCUT2D eigenvalue weighted by Crippen LogP contribution is -2.48. The highest BCUT2D eigenvalue weighted by Gasteiger charge is 2.39. The summed E-state index contributed by atoms with van der Waals surface area (Å²) in [6, 6.07) is 2.11. The van der Waals surface area contributed by atoms with E-state index in [1.165, 1.54) is 18.9 Å². The number of rotatable bonds is 8. The van der Waals surface area contributed by atoms with Crippen molar-refractivity contribution in [3.05, 3.63) is 23.8 Å². The van der Waals surface area contributed by atoms with E-state index in [2.05, 4.69) is 5.32 Å². The number of carbonyl (C=O) groups is 2. The molecule has 0 saturated carbocycles.